The summed E-state index contributed by atoms with van der Waals surface area (Å²) >= 11 is 1.45. The van der Waals surface area contributed by atoms with Crippen molar-refractivity contribution in [2.24, 2.45) is 0 Å². The Balaban J connectivity index is 1.24. The summed E-state index contributed by atoms with van der Waals surface area (Å²) in [5, 5.41) is 0. The molecule has 2 heterocycles. The van der Waals surface area contributed by atoms with E-state index in [1.54, 1.807) is 23.7 Å². The number of fused-ring (bicyclic) bond motifs is 2. The molecular weight excluding hydrogens is 378 g/mol. The van der Waals surface area contributed by atoms with E-state index in [1.165, 1.54) is 22.5 Å². The van der Waals surface area contributed by atoms with Gasteiger partial charge in [0.15, 0.2) is 0 Å². The lowest BCUT2D eigenvalue weighted by atomic mass is 10.00. The van der Waals surface area contributed by atoms with Gasteiger partial charge in [-0.25, -0.2) is 18.1 Å². The zero-order valence-corrected chi connectivity index (χ0v) is 16.7. The van der Waals surface area contributed by atoms with E-state index in [0.29, 0.717) is 11.4 Å². The Morgan fingerprint density at radius 2 is 1.96 bits per heavy atom. The van der Waals surface area contributed by atoms with Gasteiger partial charge in [0.25, 0.3) is 0 Å². The molecule has 7 heteroatoms. The molecule has 2 aromatic carbocycles. The Morgan fingerprint density at radius 3 is 2.85 bits per heavy atom. The standard InChI is InChI=1S/C20H23N3O2S2/c24-27(25,18-7-8-19-20(13-18)26-15-21-19)22-10-3-4-11-23-12-9-16-5-1-2-6-17(16)14-23/h1-2,5-8,13,15,22H,3-4,9-12,14H2. The van der Waals surface area contributed by atoms with Crippen molar-refractivity contribution in [1.82, 2.24) is 14.6 Å². The molecule has 1 aliphatic heterocycles. The minimum absolute atomic E-state index is 0.312. The first kappa shape index (κ1) is 18.6. The van der Waals surface area contributed by atoms with Crippen LogP contribution in [0.25, 0.3) is 10.2 Å². The number of unbranched alkanes of at least 4 members (excludes halogenated alkanes) is 1. The van der Waals surface area contributed by atoms with Gasteiger partial charge >= 0.3 is 0 Å². The minimum atomic E-state index is -3.46. The van der Waals surface area contributed by atoms with Crippen molar-refractivity contribution in [2.75, 3.05) is 19.6 Å². The number of sulfonamides is 1. The first-order valence-corrected chi connectivity index (χ1v) is 11.6. The Hall–Kier alpha value is -1.80. The fourth-order valence-corrected chi connectivity index (χ4v) is 5.39. The summed E-state index contributed by atoms with van der Waals surface area (Å²) < 4.78 is 28.5. The molecule has 5 nitrogen and oxygen atoms in total. The van der Waals surface area contributed by atoms with E-state index in [9.17, 15) is 8.42 Å². The molecule has 0 fully saturated rings. The first-order valence-electron chi connectivity index (χ1n) is 9.24. The molecule has 0 saturated heterocycles. The normalized spacial score (nSPS) is 15.1. The third-order valence-electron chi connectivity index (χ3n) is 5.02. The monoisotopic (exact) mass is 401 g/mol. The summed E-state index contributed by atoms with van der Waals surface area (Å²) in [6.07, 6.45) is 2.92. The first-order chi connectivity index (χ1) is 13.1. The molecule has 0 amide bonds. The van der Waals surface area contributed by atoms with Gasteiger partial charge < -0.3 is 0 Å². The summed E-state index contributed by atoms with van der Waals surface area (Å²) in [5.74, 6) is 0. The highest BCUT2D eigenvalue weighted by Crippen LogP contribution is 2.22. The molecule has 27 heavy (non-hydrogen) atoms. The summed E-state index contributed by atoms with van der Waals surface area (Å²) in [4.78, 5) is 6.95. The molecule has 0 saturated carbocycles. The van der Waals surface area contributed by atoms with Gasteiger partial charge in [0.05, 0.1) is 20.6 Å². The van der Waals surface area contributed by atoms with Crippen molar-refractivity contribution in [2.45, 2.75) is 30.7 Å². The van der Waals surface area contributed by atoms with Gasteiger partial charge in [-0.3, -0.25) is 4.90 Å². The number of benzene rings is 2. The highest BCUT2D eigenvalue weighted by atomic mass is 32.2. The number of hydrogen-bond acceptors (Lipinski definition) is 5. The van der Waals surface area contributed by atoms with Crippen LogP contribution in [0.4, 0.5) is 0 Å². The van der Waals surface area contributed by atoms with Crippen LogP contribution in [0.2, 0.25) is 0 Å². The molecular formula is C20H23N3O2S2. The molecule has 0 spiro atoms. The van der Waals surface area contributed by atoms with Crippen LogP contribution in [0, 0.1) is 0 Å². The topological polar surface area (TPSA) is 62.3 Å². The lowest BCUT2D eigenvalue weighted by Gasteiger charge is -2.28. The van der Waals surface area contributed by atoms with E-state index >= 15 is 0 Å². The van der Waals surface area contributed by atoms with Crippen molar-refractivity contribution in [1.29, 1.82) is 0 Å². The van der Waals surface area contributed by atoms with E-state index in [-0.39, 0.29) is 0 Å². The number of rotatable bonds is 7. The molecule has 0 unspecified atom stereocenters. The Bertz CT molecular complexity index is 1030. The van der Waals surface area contributed by atoms with Crippen molar-refractivity contribution in [3.05, 3.63) is 59.1 Å². The van der Waals surface area contributed by atoms with Crippen LogP contribution in [0.3, 0.4) is 0 Å². The van der Waals surface area contributed by atoms with Gasteiger partial charge in [-0.2, -0.15) is 0 Å². The third-order valence-corrected chi connectivity index (χ3v) is 7.27. The Kier molecular flexibility index (Phi) is 5.54. The molecule has 0 atom stereocenters. The van der Waals surface area contributed by atoms with Crippen LogP contribution in [-0.2, 0) is 23.0 Å². The highest BCUT2D eigenvalue weighted by molar-refractivity contribution is 7.89. The highest BCUT2D eigenvalue weighted by Gasteiger charge is 2.16. The van der Waals surface area contributed by atoms with Gasteiger partial charge in [0, 0.05) is 19.6 Å². The maximum atomic E-state index is 12.5. The molecule has 142 valence electrons. The second-order valence-corrected chi connectivity index (χ2v) is 9.53. The zero-order chi connectivity index (χ0) is 18.7. The molecule has 3 aromatic rings. The van der Waals surface area contributed by atoms with Crippen LogP contribution in [0.15, 0.2) is 52.9 Å². The largest absolute Gasteiger partial charge is 0.299 e. The SMILES string of the molecule is O=S(=O)(NCCCCN1CCc2ccccc2C1)c1ccc2ncsc2c1. The van der Waals surface area contributed by atoms with Crippen molar-refractivity contribution in [3.8, 4) is 0 Å². The Morgan fingerprint density at radius 1 is 1.11 bits per heavy atom. The van der Waals surface area contributed by atoms with Crippen LogP contribution in [0.5, 0.6) is 0 Å². The second-order valence-electron chi connectivity index (χ2n) is 6.88. The van der Waals surface area contributed by atoms with E-state index in [2.05, 4.69) is 38.9 Å². The van der Waals surface area contributed by atoms with E-state index in [4.69, 9.17) is 0 Å². The average molecular weight is 402 g/mol. The number of nitrogens with zero attached hydrogens (tertiary/aromatic N) is 2. The van der Waals surface area contributed by atoms with Crippen molar-refractivity contribution in [3.63, 3.8) is 0 Å². The summed E-state index contributed by atoms with van der Waals surface area (Å²) in [7, 11) is -3.46. The maximum Gasteiger partial charge on any atom is 0.240 e. The van der Waals surface area contributed by atoms with Crippen molar-refractivity contribution >= 4 is 31.6 Å². The third kappa shape index (κ3) is 4.38. The molecule has 0 aliphatic carbocycles. The molecule has 0 bridgehead atoms. The molecule has 1 N–H and O–H groups in total. The minimum Gasteiger partial charge on any atom is -0.299 e. The number of aromatic nitrogens is 1. The average Bonchev–Trinajstić information content (AvgIpc) is 3.15. The van der Waals surface area contributed by atoms with Gasteiger partial charge in [0.2, 0.25) is 10.0 Å². The predicted molar refractivity (Wildman–Crippen MR) is 109 cm³/mol. The Labute approximate surface area is 164 Å². The quantitative estimate of drug-likeness (QED) is 0.616. The van der Waals surface area contributed by atoms with Gasteiger partial charge in [-0.15, -0.1) is 11.3 Å². The lowest BCUT2D eigenvalue weighted by molar-refractivity contribution is 0.249. The van der Waals surface area contributed by atoms with Gasteiger partial charge in [-0.05, 0) is 55.1 Å². The fourth-order valence-electron chi connectivity index (χ4n) is 3.50. The smallest absolute Gasteiger partial charge is 0.240 e. The summed E-state index contributed by atoms with van der Waals surface area (Å²) in [5.41, 5.74) is 5.44. The van der Waals surface area contributed by atoms with Crippen LogP contribution in [-0.4, -0.2) is 37.9 Å². The van der Waals surface area contributed by atoms with Crippen LogP contribution < -0.4 is 4.72 Å². The maximum absolute atomic E-state index is 12.5. The summed E-state index contributed by atoms with van der Waals surface area (Å²) in [6, 6.07) is 13.7. The fraction of sp³-hybridized carbons (Fsp3) is 0.350. The van der Waals surface area contributed by atoms with Crippen molar-refractivity contribution < 1.29 is 8.42 Å². The van der Waals surface area contributed by atoms with Gasteiger partial charge in [0.1, 0.15) is 0 Å². The van der Waals surface area contributed by atoms with E-state index < -0.39 is 10.0 Å². The zero-order valence-electron chi connectivity index (χ0n) is 15.1. The number of hydrogen-bond donors (Lipinski definition) is 1. The number of nitrogens with one attached hydrogen (secondary N) is 1. The second kappa shape index (κ2) is 8.06. The number of thiazole rings is 1. The molecule has 0 radical (unpaired) electrons. The van der Waals surface area contributed by atoms with Gasteiger partial charge in [-0.1, -0.05) is 24.3 Å². The van der Waals surface area contributed by atoms with Crippen LogP contribution in [0.1, 0.15) is 24.0 Å². The molecule has 1 aromatic heterocycles. The predicted octanol–water partition coefficient (Wildman–Crippen LogP) is 3.41. The van der Waals surface area contributed by atoms with Crippen LogP contribution >= 0.6 is 11.3 Å². The van der Waals surface area contributed by atoms with E-state index in [1.807, 2.05) is 0 Å². The van der Waals surface area contributed by atoms with E-state index in [0.717, 1.165) is 49.1 Å². The molecule has 4 rings (SSSR count). The summed E-state index contributed by atoms with van der Waals surface area (Å²) in [6.45, 7) is 3.55. The molecule has 1 aliphatic rings. The lowest BCUT2D eigenvalue weighted by Crippen LogP contribution is -2.32.